The largest absolute Gasteiger partial charge is 0.399 e. The van der Waals surface area contributed by atoms with Gasteiger partial charge in [0, 0.05) is 10.6 Å². The molecule has 3 nitrogen and oxygen atoms in total. The summed E-state index contributed by atoms with van der Waals surface area (Å²) in [5.74, 6) is -0.0439. The topological polar surface area (TPSA) is 55.1 Å². The molecular weight excluding hydrogens is 244 g/mol. The van der Waals surface area contributed by atoms with Crippen LogP contribution in [0.2, 0.25) is 0 Å². The van der Waals surface area contributed by atoms with Crippen LogP contribution in [0.3, 0.4) is 0 Å². The Bertz CT molecular complexity index is 598. The van der Waals surface area contributed by atoms with Crippen LogP contribution in [0.25, 0.3) is 0 Å². The van der Waals surface area contributed by atoms with Crippen molar-refractivity contribution in [2.75, 3.05) is 5.73 Å². The second-order valence-electron chi connectivity index (χ2n) is 4.14. The Hall–Kier alpha value is -1.94. The predicted octanol–water partition coefficient (Wildman–Crippen LogP) is 2.80. The molecule has 4 heteroatoms. The summed E-state index contributed by atoms with van der Waals surface area (Å²) in [6.07, 6.45) is 0. The summed E-state index contributed by atoms with van der Waals surface area (Å²) in [7, 11) is 0. The van der Waals surface area contributed by atoms with E-state index in [1.807, 2.05) is 36.4 Å². The molecule has 0 bridgehead atoms. The van der Waals surface area contributed by atoms with E-state index >= 15 is 0 Å². The van der Waals surface area contributed by atoms with E-state index in [1.54, 1.807) is 23.9 Å². The van der Waals surface area contributed by atoms with Crippen LogP contribution >= 0.6 is 11.8 Å². The Balaban J connectivity index is 1.98. The molecule has 90 valence electrons. The fraction of sp³-hybridized carbons (Fsp3) is 0.0714. The standard InChI is InChI=1S/C14H12N2OS/c15-10-6-7-11-12(8-10)18-14(16-13(11)17)9-4-2-1-3-5-9/h1-8,14H,15H2,(H,16,17). The van der Waals surface area contributed by atoms with E-state index < -0.39 is 0 Å². The summed E-state index contributed by atoms with van der Waals surface area (Å²) in [6, 6.07) is 15.3. The van der Waals surface area contributed by atoms with Crippen LogP contribution in [-0.4, -0.2) is 5.91 Å². The van der Waals surface area contributed by atoms with Gasteiger partial charge in [-0.2, -0.15) is 0 Å². The minimum Gasteiger partial charge on any atom is -0.399 e. The van der Waals surface area contributed by atoms with Gasteiger partial charge in [0.05, 0.1) is 5.56 Å². The minimum absolute atomic E-state index is 0.0439. The van der Waals surface area contributed by atoms with Gasteiger partial charge in [0.25, 0.3) is 5.91 Å². The van der Waals surface area contributed by atoms with E-state index in [9.17, 15) is 4.79 Å². The third kappa shape index (κ3) is 1.95. The monoisotopic (exact) mass is 256 g/mol. The summed E-state index contributed by atoms with van der Waals surface area (Å²) >= 11 is 1.62. The van der Waals surface area contributed by atoms with Crippen molar-refractivity contribution in [2.24, 2.45) is 0 Å². The van der Waals surface area contributed by atoms with Crippen molar-refractivity contribution in [1.29, 1.82) is 0 Å². The third-order valence-electron chi connectivity index (χ3n) is 2.86. The van der Waals surface area contributed by atoms with E-state index in [4.69, 9.17) is 5.73 Å². The maximum Gasteiger partial charge on any atom is 0.253 e. The number of benzene rings is 2. The lowest BCUT2D eigenvalue weighted by atomic mass is 10.1. The first-order valence-corrected chi connectivity index (χ1v) is 6.54. The number of anilines is 1. The minimum atomic E-state index is -0.0481. The number of hydrogen-bond acceptors (Lipinski definition) is 3. The molecule has 1 atom stereocenters. The van der Waals surface area contributed by atoms with Gasteiger partial charge in [0.1, 0.15) is 5.37 Å². The molecule has 0 radical (unpaired) electrons. The Morgan fingerprint density at radius 1 is 1.11 bits per heavy atom. The van der Waals surface area contributed by atoms with Crippen LogP contribution in [0.5, 0.6) is 0 Å². The fourth-order valence-electron chi connectivity index (χ4n) is 1.96. The second kappa shape index (κ2) is 4.38. The zero-order valence-electron chi connectivity index (χ0n) is 9.59. The van der Waals surface area contributed by atoms with Gasteiger partial charge in [-0.25, -0.2) is 0 Å². The molecule has 2 aromatic rings. The zero-order chi connectivity index (χ0) is 12.5. The van der Waals surface area contributed by atoms with Crippen molar-refractivity contribution in [3.8, 4) is 0 Å². The van der Waals surface area contributed by atoms with Crippen molar-refractivity contribution in [1.82, 2.24) is 5.32 Å². The van der Waals surface area contributed by atoms with Crippen molar-refractivity contribution < 1.29 is 4.79 Å². The molecule has 1 amide bonds. The molecule has 1 heterocycles. The number of hydrogen-bond donors (Lipinski definition) is 2. The van der Waals surface area contributed by atoms with Crippen LogP contribution in [0, 0.1) is 0 Å². The number of carbonyl (C=O) groups is 1. The lowest BCUT2D eigenvalue weighted by Crippen LogP contribution is -2.30. The van der Waals surface area contributed by atoms with Crippen LogP contribution in [-0.2, 0) is 0 Å². The molecule has 1 aliphatic rings. The van der Waals surface area contributed by atoms with Gasteiger partial charge in [-0.1, -0.05) is 42.1 Å². The molecular formula is C14H12N2OS. The molecule has 0 fully saturated rings. The molecule has 0 saturated heterocycles. The number of carbonyl (C=O) groups excluding carboxylic acids is 1. The lowest BCUT2D eigenvalue weighted by molar-refractivity contribution is 0.0943. The number of nitrogens with two attached hydrogens (primary N) is 1. The molecule has 0 spiro atoms. The number of fused-ring (bicyclic) bond motifs is 1. The van der Waals surface area contributed by atoms with E-state index in [-0.39, 0.29) is 11.3 Å². The van der Waals surface area contributed by atoms with E-state index in [0.29, 0.717) is 11.3 Å². The summed E-state index contributed by atoms with van der Waals surface area (Å²) in [4.78, 5) is 13.0. The first-order chi connectivity index (χ1) is 8.74. The summed E-state index contributed by atoms with van der Waals surface area (Å²) in [5.41, 5.74) is 8.23. The molecule has 3 N–H and O–H groups in total. The van der Waals surface area contributed by atoms with Crippen molar-refractivity contribution in [3.63, 3.8) is 0 Å². The first-order valence-electron chi connectivity index (χ1n) is 5.66. The van der Waals surface area contributed by atoms with Gasteiger partial charge in [-0.3, -0.25) is 4.79 Å². The Kier molecular flexibility index (Phi) is 2.72. The zero-order valence-corrected chi connectivity index (χ0v) is 10.4. The molecule has 2 aromatic carbocycles. The molecule has 1 unspecified atom stereocenters. The highest BCUT2D eigenvalue weighted by Crippen LogP contribution is 2.39. The van der Waals surface area contributed by atoms with Crippen molar-refractivity contribution in [3.05, 3.63) is 59.7 Å². The van der Waals surface area contributed by atoms with Crippen LogP contribution < -0.4 is 11.1 Å². The van der Waals surface area contributed by atoms with Crippen LogP contribution in [0.1, 0.15) is 21.3 Å². The van der Waals surface area contributed by atoms with Crippen LogP contribution in [0.4, 0.5) is 5.69 Å². The Labute approximate surface area is 109 Å². The maximum atomic E-state index is 12.0. The third-order valence-corrected chi connectivity index (χ3v) is 4.08. The van der Waals surface area contributed by atoms with E-state index in [1.165, 1.54) is 0 Å². The molecule has 0 saturated carbocycles. The number of rotatable bonds is 1. The normalized spacial score (nSPS) is 18.0. The summed E-state index contributed by atoms with van der Waals surface area (Å²) in [6.45, 7) is 0. The van der Waals surface area contributed by atoms with E-state index in [2.05, 4.69) is 5.32 Å². The lowest BCUT2D eigenvalue weighted by Gasteiger charge is -2.25. The smallest absolute Gasteiger partial charge is 0.253 e. The Morgan fingerprint density at radius 2 is 1.89 bits per heavy atom. The molecule has 1 aliphatic heterocycles. The quantitative estimate of drug-likeness (QED) is 0.771. The van der Waals surface area contributed by atoms with Crippen molar-refractivity contribution >= 4 is 23.4 Å². The van der Waals surface area contributed by atoms with Gasteiger partial charge in [0.2, 0.25) is 0 Å². The fourth-order valence-corrected chi connectivity index (χ4v) is 3.16. The maximum absolute atomic E-state index is 12.0. The predicted molar refractivity (Wildman–Crippen MR) is 73.4 cm³/mol. The van der Waals surface area contributed by atoms with Gasteiger partial charge in [-0.05, 0) is 23.8 Å². The highest BCUT2D eigenvalue weighted by molar-refractivity contribution is 7.99. The second-order valence-corrected chi connectivity index (χ2v) is 5.28. The molecule has 0 aromatic heterocycles. The number of nitrogens with one attached hydrogen (secondary N) is 1. The van der Waals surface area contributed by atoms with Gasteiger partial charge < -0.3 is 11.1 Å². The molecule has 0 aliphatic carbocycles. The van der Waals surface area contributed by atoms with Crippen molar-refractivity contribution in [2.45, 2.75) is 10.3 Å². The summed E-state index contributed by atoms with van der Waals surface area (Å²) in [5, 5.41) is 2.94. The van der Waals surface area contributed by atoms with Gasteiger partial charge in [-0.15, -0.1) is 0 Å². The number of amides is 1. The molecule has 3 rings (SSSR count). The highest BCUT2D eigenvalue weighted by Gasteiger charge is 2.25. The highest BCUT2D eigenvalue weighted by atomic mass is 32.2. The van der Waals surface area contributed by atoms with E-state index in [0.717, 1.165) is 10.5 Å². The van der Waals surface area contributed by atoms with Gasteiger partial charge in [0.15, 0.2) is 0 Å². The average Bonchev–Trinajstić information content (AvgIpc) is 2.39. The van der Waals surface area contributed by atoms with Crippen LogP contribution in [0.15, 0.2) is 53.4 Å². The average molecular weight is 256 g/mol. The number of thioether (sulfide) groups is 1. The molecule has 18 heavy (non-hydrogen) atoms. The van der Waals surface area contributed by atoms with Gasteiger partial charge >= 0.3 is 0 Å². The first kappa shape index (κ1) is 11.2. The Morgan fingerprint density at radius 3 is 2.67 bits per heavy atom. The SMILES string of the molecule is Nc1ccc2c(c1)SC(c1ccccc1)NC2=O. The summed E-state index contributed by atoms with van der Waals surface area (Å²) < 4.78 is 0. The number of nitrogen functional groups attached to an aromatic ring is 1.